The van der Waals surface area contributed by atoms with E-state index in [9.17, 15) is 18.0 Å². The third-order valence-corrected chi connectivity index (χ3v) is 5.30. The number of amides is 1. The monoisotopic (exact) mass is 470 g/mol. The van der Waals surface area contributed by atoms with Gasteiger partial charge in [0.15, 0.2) is 0 Å². The Hall–Kier alpha value is -1.97. The van der Waals surface area contributed by atoms with Crippen LogP contribution in [0.3, 0.4) is 0 Å². The number of alkyl halides is 3. The van der Waals surface area contributed by atoms with Crippen LogP contribution in [0.25, 0.3) is 0 Å². The summed E-state index contributed by atoms with van der Waals surface area (Å²) in [5.74, 6) is -0.421. The number of likely N-dealkylation sites (N-methyl/N-ethyl adjacent to an activating group) is 1. The van der Waals surface area contributed by atoms with Gasteiger partial charge < -0.3 is 10.2 Å². The molecule has 29 heavy (non-hydrogen) atoms. The van der Waals surface area contributed by atoms with Gasteiger partial charge in [-0.05, 0) is 36.9 Å². The summed E-state index contributed by atoms with van der Waals surface area (Å²) < 4.78 is 41.6. The van der Waals surface area contributed by atoms with Gasteiger partial charge in [0.1, 0.15) is 0 Å². The van der Waals surface area contributed by atoms with Crippen LogP contribution in [0, 0.1) is 0 Å². The minimum Gasteiger partial charge on any atom is -0.326 e. The van der Waals surface area contributed by atoms with E-state index in [1.165, 1.54) is 12.1 Å². The number of rotatable bonds is 5. The van der Waals surface area contributed by atoms with E-state index in [1.807, 2.05) is 11.9 Å². The molecular weight excluding hydrogens is 449 g/mol. The van der Waals surface area contributed by atoms with Crippen LogP contribution in [0.5, 0.6) is 0 Å². The first-order chi connectivity index (χ1) is 13.7. The molecule has 156 valence electrons. The normalized spacial score (nSPS) is 16.0. The van der Waals surface area contributed by atoms with Crippen LogP contribution in [0.4, 0.5) is 18.9 Å². The van der Waals surface area contributed by atoms with Gasteiger partial charge >= 0.3 is 6.18 Å². The lowest BCUT2D eigenvalue weighted by Gasteiger charge is -2.33. The third-order valence-electron chi connectivity index (χ3n) is 4.81. The number of nitrogens with one attached hydrogen (secondary N) is 1. The second-order valence-electron chi connectivity index (χ2n) is 7.14. The molecule has 1 fully saturated rings. The molecule has 1 aliphatic heterocycles. The number of hydrogen-bond acceptors (Lipinski definition) is 4. The summed E-state index contributed by atoms with van der Waals surface area (Å²) in [5.41, 5.74) is 0.155. The first-order valence-electron chi connectivity index (χ1n) is 9.22. The molecule has 1 N–H and O–H groups in total. The van der Waals surface area contributed by atoms with E-state index < -0.39 is 17.6 Å². The molecule has 3 rings (SSSR count). The molecule has 1 amide bonds. The smallest absolute Gasteiger partial charge is 0.326 e. The second kappa shape index (κ2) is 9.23. The van der Waals surface area contributed by atoms with E-state index in [1.54, 1.807) is 18.3 Å². The van der Waals surface area contributed by atoms with Gasteiger partial charge in [-0.1, -0.05) is 22.0 Å². The Morgan fingerprint density at radius 2 is 1.90 bits per heavy atom. The minimum absolute atomic E-state index is 0.0240. The van der Waals surface area contributed by atoms with E-state index in [2.05, 4.69) is 31.1 Å². The first kappa shape index (κ1) is 21.7. The average Bonchev–Trinajstić information content (AvgIpc) is 2.64. The molecule has 1 saturated heterocycles. The Morgan fingerprint density at radius 3 is 2.55 bits per heavy atom. The predicted molar refractivity (Wildman–Crippen MR) is 108 cm³/mol. The maximum Gasteiger partial charge on any atom is 0.416 e. The van der Waals surface area contributed by atoms with Crippen molar-refractivity contribution in [3.05, 3.63) is 57.8 Å². The number of aromatic nitrogens is 1. The van der Waals surface area contributed by atoms with Crippen LogP contribution in [0.15, 0.2) is 41.0 Å². The summed E-state index contributed by atoms with van der Waals surface area (Å²) in [6, 6.07) is 7.41. The lowest BCUT2D eigenvalue weighted by Crippen LogP contribution is -2.44. The summed E-state index contributed by atoms with van der Waals surface area (Å²) in [7, 11) is 2.00. The highest BCUT2D eigenvalue weighted by molar-refractivity contribution is 9.10. The van der Waals surface area contributed by atoms with Crippen molar-refractivity contribution < 1.29 is 18.0 Å². The molecule has 0 saturated carbocycles. The van der Waals surface area contributed by atoms with Gasteiger partial charge in [-0.2, -0.15) is 13.2 Å². The molecule has 0 bridgehead atoms. The maximum absolute atomic E-state index is 13.6. The number of benzene rings is 1. The molecule has 9 heteroatoms. The Balaban J connectivity index is 1.72. The van der Waals surface area contributed by atoms with Crippen molar-refractivity contribution in [2.75, 3.05) is 38.5 Å². The SMILES string of the molecule is CN1CCN(Cc2ccc(NC(=O)Cc3cc(Br)ccn3)cc2C(F)(F)F)CC1. The molecule has 1 aromatic heterocycles. The van der Waals surface area contributed by atoms with Crippen molar-refractivity contribution in [3.8, 4) is 0 Å². The first-order valence-corrected chi connectivity index (χ1v) is 10.0. The van der Waals surface area contributed by atoms with Gasteiger partial charge in [0.2, 0.25) is 5.91 Å². The Morgan fingerprint density at radius 1 is 1.17 bits per heavy atom. The van der Waals surface area contributed by atoms with Crippen molar-refractivity contribution in [1.82, 2.24) is 14.8 Å². The molecule has 1 aliphatic rings. The molecule has 0 unspecified atom stereocenters. The van der Waals surface area contributed by atoms with Crippen molar-refractivity contribution in [2.45, 2.75) is 19.1 Å². The molecule has 2 aromatic rings. The van der Waals surface area contributed by atoms with E-state index in [-0.39, 0.29) is 24.2 Å². The summed E-state index contributed by atoms with van der Waals surface area (Å²) in [6.45, 7) is 3.36. The number of nitrogens with zero attached hydrogens (tertiary/aromatic N) is 3. The van der Waals surface area contributed by atoms with Crippen molar-refractivity contribution >= 4 is 27.5 Å². The molecule has 0 atom stereocenters. The molecule has 1 aromatic carbocycles. The fraction of sp³-hybridized carbons (Fsp3) is 0.400. The van der Waals surface area contributed by atoms with Gasteiger partial charge in [0.25, 0.3) is 0 Å². The van der Waals surface area contributed by atoms with Crippen LogP contribution in [-0.4, -0.2) is 53.9 Å². The zero-order chi connectivity index (χ0) is 21.0. The average molecular weight is 471 g/mol. The Labute approximate surface area is 176 Å². The van der Waals surface area contributed by atoms with Crippen LogP contribution < -0.4 is 5.32 Å². The van der Waals surface area contributed by atoms with Gasteiger partial charge in [-0.3, -0.25) is 14.7 Å². The maximum atomic E-state index is 13.6. The van der Waals surface area contributed by atoms with Crippen molar-refractivity contribution in [3.63, 3.8) is 0 Å². The topological polar surface area (TPSA) is 48.5 Å². The second-order valence-corrected chi connectivity index (χ2v) is 8.06. The number of pyridine rings is 1. The Kier molecular flexibility index (Phi) is 6.92. The number of carbonyl (C=O) groups excluding carboxylic acids is 1. The van der Waals surface area contributed by atoms with Gasteiger partial charge in [0, 0.05) is 49.1 Å². The van der Waals surface area contributed by atoms with Crippen molar-refractivity contribution in [1.29, 1.82) is 0 Å². The predicted octanol–water partition coefficient (Wildman–Crippen LogP) is 3.79. The minimum atomic E-state index is -4.49. The summed E-state index contributed by atoms with van der Waals surface area (Å²) in [4.78, 5) is 20.5. The van der Waals surface area contributed by atoms with Crippen molar-refractivity contribution in [2.24, 2.45) is 0 Å². The molecular formula is C20H22BrF3N4O. The van der Waals surface area contributed by atoms with Crippen LogP contribution in [-0.2, 0) is 23.9 Å². The molecule has 0 spiro atoms. The fourth-order valence-corrected chi connectivity index (χ4v) is 3.60. The van der Waals surface area contributed by atoms with Crippen LogP contribution in [0.2, 0.25) is 0 Å². The van der Waals surface area contributed by atoms with Gasteiger partial charge in [0.05, 0.1) is 17.7 Å². The zero-order valence-corrected chi connectivity index (χ0v) is 17.6. The number of anilines is 1. The summed E-state index contributed by atoms with van der Waals surface area (Å²) in [5, 5.41) is 2.54. The fourth-order valence-electron chi connectivity index (χ4n) is 3.22. The standard InChI is InChI=1S/C20H22BrF3N4O/c1-27-6-8-28(9-7-27)13-14-2-3-16(11-18(14)20(22,23)24)26-19(29)12-17-10-15(21)4-5-25-17/h2-5,10-11H,6-9,12-13H2,1H3,(H,26,29). The lowest BCUT2D eigenvalue weighted by molar-refractivity contribution is -0.138. The molecule has 5 nitrogen and oxygen atoms in total. The van der Waals surface area contributed by atoms with Crippen LogP contribution in [0.1, 0.15) is 16.8 Å². The largest absolute Gasteiger partial charge is 0.416 e. The summed E-state index contributed by atoms with van der Waals surface area (Å²) >= 11 is 3.30. The van der Waals surface area contributed by atoms with E-state index in [4.69, 9.17) is 0 Å². The molecule has 0 radical (unpaired) electrons. The highest BCUT2D eigenvalue weighted by Crippen LogP contribution is 2.34. The number of halogens is 4. The third kappa shape index (κ3) is 6.25. The zero-order valence-electron chi connectivity index (χ0n) is 16.0. The highest BCUT2D eigenvalue weighted by Gasteiger charge is 2.34. The molecule has 0 aliphatic carbocycles. The quantitative estimate of drug-likeness (QED) is 0.721. The number of hydrogen-bond donors (Lipinski definition) is 1. The van der Waals surface area contributed by atoms with Gasteiger partial charge in [-0.25, -0.2) is 0 Å². The lowest BCUT2D eigenvalue weighted by atomic mass is 10.0. The van der Waals surface area contributed by atoms with E-state index >= 15 is 0 Å². The Bertz CT molecular complexity index is 867. The van der Waals surface area contributed by atoms with E-state index in [0.29, 0.717) is 5.69 Å². The van der Waals surface area contributed by atoms with Gasteiger partial charge in [-0.15, -0.1) is 0 Å². The molecule has 2 heterocycles. The van der Waals surface area contributed by atoms with Crippen LogP contribution >= 0.6 is 15.9 Å². The number of piperazine rings is 1. The highest BCUT2D eigenvalue weighted by atomic mass is 79.9. The number of carbonyl (C=O) groups is 1. The van der Waals surface area contributed by atoms with E-state index in [0.717, 1.165) is 36.7 Å². The summed E-state index contributed by atoms with van der Waals surface area (Å²) in [6.07, 6.45) is -2.96.